The van der Waals surface area contributed by atoms with Gasteiger partial charge in [-0.2, -0.15) is 9.78 Å². The summed E-state index contributed by atoms with van der Waals surface area (Å²) >= 11 is 4.73. The summed E-state index contributed by atoms with van der Waals surface area (Å²) in [4.78, 5) is 23.6. The lowest BCUT2D eigenvalue weighted by atomic mass is 10.2. The SMILES string of the molecule is Cc1cc(NC(=O)c2cc(Cn3nc([N+](=O)[O-])cc3C)cs2)nn1Cc1ccc(Br)cc1. The number of aryl methyl sites for hydroxylation is 2. The van der Waals surface area contributed by atoms with Crippen LogP contribution in [0.15, 0.2) is 52.3 Å². The van der Waals surface area contributed by atoms with Gasteiger partial charge in [0.25, 0.3) is 5.91 Å². The molecule has 0 radical (unpaired) electrons. The summed E-state index contributed by atoms with van der Waals surface area (Å²) in [5.74, 6) is 0.0422. The van der Waals surface area contributed by atoms with Crippen molar-refractivity contribution in [3.05, 3.63) is 89.8 Å². The number of aromatic nitrogens is 4. The number of amides is 1. The minimum absolute atomic E-state index is 0.190. The van der Waals surface area contributed by atoms with E-state index >= 15 is 0 Å². The zero-order chi connectivity index (χ0) is 22.8. The topological polar surface area (TPSA) is 108 Å². The van der Waals surface area contributed by atoms with Crippen LogP contribution in [0.5, 0.6) is 0 Å². The second-order valence-corrected chi connectivity index (χ2v) is 9.11. The van der Waals surface area contributed by atoms with Crippen molar-refractivity contribution in [1.82, 2.24) is 19.6 Å². The molecule has 0 fully saturated rings. The molecular formula is C21H19BrN6O3S. The van der Waals surface area contributed by atoms with Crippen molar-refractivity contribution in [2.75, 3.05) is 5.32 Å². The summed E-state index contributed by atoms with van der Waals surface area (Å²) in [6.07, 6.45) is 0. The fourth-order valence-corrected chi connectivity index (χ4v) is 4.23. The highest BCUT2D eigenvalue weighted by atomic mass is 79.9. The average molecular weight is 515 g/mol. The Bertz CT molecular complexity index is 1290. The first kappa shape index (κ1) is 21.9. The highest BCUT2D eigenvalue weighted by Gasteiger charge is 2.17. The van der Waals surface area contributed by atoms with E-state index in [2.05, 4.69) is 31.4 Å². The van der Waals surface area contributed by atoms with Gasteiger partial charge in [-0.25, -0.2) is 0 Å². The average Bonchev–Trinajstić information content (AvgIpc) is 3.44. The molecule has 0 saturated carbocycles. The van der Waals surface area contributed by atoms with Crippen molar-refractivity contribution >= 4 is 44.8 Å². The smallest absolute Gasteiger partial charge is 0.358 e. The number of nitro groups is 1. The zero-order valence-electron chi connectivity index (χ0n) is 17.3. The molecule has 4 rings (SSSR count). The van der Waals surface area contributed by atoms with E-state index in [9.17, 15) is 14.9 Å². The second-order valence-electron chi connectivity index (χ2n) is 7.29. The molecule has 11 heteroatoms. The third-order valence-corrected chi connectivity index (χ3v) is 6.34. The Hall–Kier alpha value is -3.31. The van der Waals surface area contributed by atoms with Crippen molar-refractivity contribution in [3.8, 4) is 0 Å². The second kappa shape index (κ2) is 9.05. The Labute approximate surface area is 196 Å². The van der Waals surface area contributed by atoms with Crippen molar-refractivity contribution in [1.29, 1.82) is 0 Å². The van der Waals surface area contributed by atoms with Crippen molar-refractivity contribution < 1.29 is 9.72 Å². The van der Waals surface area contributed by atoms with Crippen LogP contribution in [-0.4, -0.2) is 30.4 Å². The Morgan fingerprint density at radius 1 is 1.06 bits per heavy atom. The summed E-state index contributed by atoms with van der Waals surface area (Å²) in [7, 11) is 0. The first-order valence-electron chi connectivity index (χ1n) is 9.65. The van der Waals surface area contributed by atoms with Crippen LogP contribution in [0.1, 0.15) is 32.2 Å². The molecule has 0 bridgehead atoms. The summed E-state index contributed by atoms with van der Waals surface area (Å²) in [5.41, 5.74) is 3.57. The van der Waals surface area contributed by atoms with Gasteiger partial charge >= 0.3 is 5.82 Å². The zero-order valence-corrected chi connectivity index (χ0v) is 19.7. The maximum atomic E-state index is 12.7. The molecule has 0 aliphatic carbocycles. The summed E-state index contributed by atoms with van der Waals surface area (Å²) in [6.45, 7) is 4.65. The monoisotopic (exact) mass is 514 g/mol. The number of carbonyl (C=O) groups excluding carboxylic acids is 1. The van der Waals surface area contributed by atoms with Gasteiger partial charge in [0.05, 0.1) is 34.8 Å². The largest absolute Gasteiger partial charge is 0.390 e. The molecule has 0 aliphatic rings. The quantitative estimate of drug-likeness (QED) is 0.282. The number of carbonyl (C=O) groups is 1. The first-order chi connectivity index (χ1) is 15.3. The van der Waals surface area contributed by atoms with E-state index in [0.717, 1.165) is 21.3 Å². The number of hydrogen-bond donors (Lipinski definition) is 1. The lowest BCUT2D eigenvalue weighted by Gasteiger charge is -2.04. The minimum Gasteiger partial charge on any atom is -0.358 e. The van der Waals surface area contributed by atoms with Crippen LogP contribution in [0, 0.1) is 24.0 Å². The Morgan fingerprint density at radius 2 is 1.72 bits per heavy atom. The van der Waals surface area contributed by atoms with Gasteiger partial charge in [0.1, 0.15) is 0 Å². The van der Waals surface area contributed by atoms with Crippen LogP contribution >= 0.6 is 27.3 Å². The molecular weight excluding hydrogens is 496 g/mol. The fourth-order valence-electron chi connectivity index (χ4n) is 3.16. The molecule has 3 aromatic heterocycles. The predicted octanol–water partition coefficient (Wildman–Crippen LogP) is 4.78. The molecule has 1 N–H and O–H groups in total. The molecule has 0 spiro atoms. The van der Waals surface area contributed by atoms with Gasteiger partial charge in [0, 0.05) is 16.2 Å². The van der Waals surface area contributed by atoms with Gasteiger partial charge in [0.2, 0.25) is 0 Å². The highest BCUT2D eigenvalue weighted by molar-refractivity contribution is 9.10. The Morgan fingerprint density at radius 3 is 2.41 bits per heavy atom. The van der Waals surface area contributed by atoms with E-state index in [4.69, 9.17) is 0 Å². The number of nitrogens with one attached hydrogen (secondary N) is 1. The first-order valence-corrected chi connectivity index (χ1v) is 11.3. The lowest BCUT2D eigenvalue weighted by molar-refractivity contribution is -0.389. The van der Waals surface area contributed by atoms with E-state index in [1.165, 1.54) is 17.4 Å². The molecule has 3 heterocycles. The number of nitrogens with zero attached hydrogens (tertiary/aromatic N) is 5. The molecule has 0 unspecified atom stereocenters. The molecule has 9 nitrogen and oxygen atoms in total. The normalized spacial score (nSPS) is 11.0. The van der Waals surface area contributed by atoms with Crippen LogP contribution in [-0.2, 0) is 13.1 Å². The molecule has 0 saturated heterocycles. The fraction of sp³-hybridized carbons (Fsp3) is 0.190. The van der Waals surface area contributed by atoms with E-state index in [1.54, 1.807) is 17.7 Å². The van der Waals surface area contributed by atoms with Gasteiger partial charge < -0.3 is 15.4 Å². The minimum atomic E-state index is -0.520. The van der Waals surface area contributed by atoms with Gasteiger partial charge in [-0.3, -0.25) is 9.48 Å². The van der Waals surface area contributed by atoms with Gasteiger partial charge in [-0.15, -0.1) is 11.3 Å². The lowest BCUT2D eigenvalue weighted by Crippen LogP contribution is -2.11. The maximum absolute atomic E-state index is 12.7. The molecule has 4 aromatic rings. The van der Waals surface area contributed by atoms with E-state index < -0.39 is 4.92 Å². The third-order valence-electron chi connectivity index (χ3n) is 4.83. The maximum Gasteiger partial charge on any atom is 0.390 e. The van der Waals surface area contributed by atoms with Crippen LogP contribution < -0.4 is 5.32 Å². The van der Waals surface area contributed by atoms with E-state index in [1.807, 2.05) is 47.3 Å². The molecule has 164 valence electrons. The van der Waals surface area contributed by atoms with Crippen molar-refractivity contribution in [2.24, 2.45) is 0 Å². The van der Waals surface area contributed by atoms with E-state index in [-0.39, 0.29) is 11.7 Å². The van der Waals surface area contributed by atoms with Gasteiger partial charge in [-0.05, 0) is 53.5 Å². The number of benzene rings is 1. The van der Waals surface area contributed by atoms with Crippen molar-refractivity contribution in [2.45, 2.75) is 26.9 Å². The third kappa shape index (κ3) is 4.94. The molecule has 32 heavy (non-hydrogen) atoms. The standard InChI is InChI=1S/C21H19BrN6O3S/c1-13-7-19(24-26(13)10-15-3-5-17(22)6-4-15)23-21(29)18-9-16(12-32-18)11-27-14(2)8-20(25-27)28(30)31/h3-9,12H,10-11H2,1-2H3,(H,23,24,29). The molecule has 1 amide bonds. The number of thiophene rings is 1. The van der Waals surface area contributed by atoms with E-state index in [0.29, 0.717) is 29.5 Å². The van der Waals surface area contributed by atoms with Crippen LogP contribution in [0.25, 0.3) is 0 Å². The molecule has 1 aromatic carbocycles. The Kier molecular flexibility index (Phi) is 6.19. The van der Waals surface area contributed by atoms with Gasteiger partial charge in [-0.1, -0.05) is 28.1 Å². The number of halogens is 1. The summed E-state index contributed by atoms with van der Waals surface area (Å²) < 4.78 is 4.41. The number of rotatable bonds is 7. The van der Waals surface area contributed by atoms with Crippen LogP contribution in [0.3, 0.4) is 0 Å². The van der Waals surface area contributed by atoms with Crippen LogP contribution in [0.4, 0.5) is 11.6 Å². The number of anilines is 1. The summed E-state index contributed by atoms with van der Waals surface area (Å²) in [6, 6.07) is 13.0. The summed E-state index contributed by atoms with van der Waals surface area (Å²) in [5, 5.41) is 24.1. The van der Waals surface area contributed by atoms with Crippen molar-refractivity contribution in [3.63, 3.8) is 0 Å². The molecule has 0 aliphatic heterocycles. The molecule has 0 atom stereocenters. The predicted molar refractivity (Wildman–Crippen MR) is 125 cm³/mol. The Balaban J connectivity index is 1.42. The highest BCUT2D eigenvalue weighted by Crippen LogP contribution is 2.20. The number of hydrogen-bond acceptors (Lipinski definition) is 6. The van der Waals surface area contributed by atoms with Gasteiger partial charge in [0.15, 0.2) is 5.82 Å². The van der Waals surface area contributed by atoms with Crippen LogP contribution in [0.2, 0.25) is 0 Å².